The first-order valence-electron chi connectivity index (χ1n) is 6.13. The second-order valence-electron chi connectivity index (χ2n) is 6.36. The van der Waals surface area contributed by atoms with Gasteiger partial charge in [-0.3, -0.25) is 0 Å². The fraction of sp³-hybridized carbons (Fsp3) is 0.846. The second-order valence-corrected chi connectivity index (χ2v) is 6.36. The first-order chi connectivity index (χ1) is 8.17. The molecule has 0 saturated carbocycles. The second kappa shape index (κ2) is 10.8. The molecule has 0 bridgehead atoms. The van der Waals surface area contributed by atoms with E-state index in [-0.39, 0.29) is 0 Å². The number of carbonyl (C=O) groups is 2. The number of hydrogen-bond donors (Lipinski definition) is 0. The van der Waals surface area contributed by atoms with Crippen LogP contribution in [0.2, 0.25) is 0 Å². The molecular formula is C13H30N2O4. The minimum atomic E-state index is -1.08. The minimum absolute atomic E-state index is 0.972. The lowest BCUT2D eigenvalue weighted by atomic mass is 10.3. The van der Waals surface area contributed by atoms with Crippen LogP contribution in [0.5, 0.6) is 0 Å². The van der Waals surface area contributed by atoms with Crippen LogP contribution in [-0.2, 0) is 9.59 Å². The van der Waals surface area contributed by atoms with Crippen LogP contribution < -0.4 is 10.2 Å². The molecule has 116 valence electrons. The van der Waals surface area contributed by atoms with Crippen LogP contribution in [0.15, 0.2) is 0 Å². The van der Waals surface area contributed by atoms with E-state index in [9.17, 15) is 0 Å². The van der Waals surface area contributed by atoms with Crippen LogP contribution in [0.4, 0.5) is 0 Å². The van der Waals surface area contributed by atoms with Gasteiger partial charge in [-0.25, -0.2) is 0 Å². The molecule has 0 unspecified atom stereocenters. The van der Waals surface area contributed by atoms with Gasteiger partial charge in [-0.2, -0.15) is 0 Å². The predicted octanol–water partition coefficient (Wildman–Crippen LogP) is -1.70. The van der Waals surface area contributed by atoms with Gasteiger partial charge in [0.1, 0.15) is 0 Å². The van der Waals surface area contributed by atoms with Crippen LogP contribution in [0, 0.1) is 0 Å². The van der Waals surface area contributed by atoms with Gasteiger partial charge in [-0.1, -0.05) is 0 Å². The van der Waals surface area contributed by atoms with Gasteiger partial charge >= 0.3 is 0 Å². The summed E-state index contributed by atoms with van der Waals surface area (Å²) in [5, 5.41) is 17.8. The Morgan fingerprint density at radius 1 is 0.737 bits per heavy atom. The van der Waals surface area contributed by atoms with Crippen molar-refractivity contribution < 1.29 is 28.8 Å². The summed E-state index contributed by atoms with van der Waals surface area (Å²) in [6.45, 7) is 4.49. The van der Waals surface area contributed by atoms with Crippen LogP contribution in [-0.4, -0.2) is 76.3 Å². The molecule has 6 heteroatoms. The lowest BCUT2D eigenvalue weighted by Crippen LogP contribution is -2.40. The maximum atomic E-state index is 8.89. The standard InChI is InChI=1S/C9H24N2.2C2H4O2/c1-10(2,3)8-7-9-11(4,5)6;2*1-2(3)4/h7-9H2,1-6H3;2*1H3,(H,3,4)/q+2;;/p-2. The highest BCUT2D eigenvalue weighted by atomic mass is 16.4. The molecule has 0 saturated heterocycles. The number of hydrogen-bond acceptors (Lipinski definition) is 4. The number of carboxylic acids is 2. The summed E-state index contributed by atoms with van der Waals surface area (Å²) in [5.74, 6) is -2.17. The Labute approximate surface area is 117 Å². The van der Waals surface area contributed by atoms with E-state index < -0.39 is 11.9 Å². The number of aliphatic carboxylic acids is 2. The quantitative estimate of drug-likeness (QED) is 0.574. The third-order valence-corrected chi connectivity index (χ3v) is 1.66. The first kappa shape index (κ1) is 23.0. The molecule has 19 heavy (non-hydrogen) atoms. The molecule has 0 fully saturated rings. The summed E-state index contributed by atoms with van der Waals surface area (Å²) in [7, 11) is 13.5. The number of carboxylic acid groups (broad SMARTS) is 2. The maximum Gasteiger partial charge on any atom is 0.0834 e. The molecule has 0 aliphatic heterocycles. The van der Waals surface area contributed by atoms with Gasteiger partial charge in [-0.05, 0) is 13.8 Å². The SMILES string of the molecule is CC(=O)[O-].CC(=O)[O-].C[N+](C)(C)CCC[N+](C)(C)C. The average molecular weight is 278 g/mol. The highest BCUT2D eigenvalue weighted by molar-refractivity contribution is 5.60. The molecule has 0 aliphatic rings. The summed E-state index contributed by atoms with van der Waals surface area (Å²) < 4.78 is 2.17. The van der Waals surface area contributed by atoms with Crippen molar-refractivity contribution >= 4 is 11.9 Å². The summed E-state index contributed by atoms with van der Waals surface area (Å²) in [4.78, 5) is 17.8. The molecule has 6 nitrogen and oxygen atoms in total. The molecular weight excluding hydrogens is 248 g/mol. The van der Waals surface area contributed by atoms with Gasteiger partial charge < -0.3 is 28.8 Å². The maximum absolute atomic E-state index is 8.89. The van der Waals surface area contributed by atoms with Crippen molar-refractivity contribution in [3.8, 4) is 0 Å². The van der Waals surface area contributed by atoms with Gasteiger partial charge in [0.25, 0.3) is 0 Å². The Morgan fingerprint density at radius 3 is 1.00 bits per heavy atom. The van der Waals surface area contributed by atoms with E-state index in [1.165, 1.54) is 19.5 Å². The molecule has 0 aromatic heterocycles. The summed E-state index contributed by atoms with van der Waals surface area (Å²) in [5.41, 5.74) is 0. The van der Waals surface area contributed by atoms with Gasteiger partial charge in [0.15, 0.2) is 0 Å². The van der Waals surface area contributed by atoms with E-state index in [0.717, 1.165) is 22.8 Å². The predicted molar refractivity (Wildman–Crippen MR) is 71.8 cm³/mol. The van der Waals surface area contributed by atoms with E-state index in [2.05, 4.69) is 42.3 Å². The van der Waals surface area contributed by atoms with Crippen molar-refractivity contribution in [2.24, 2.45) is 0 Å². The lowest BCUT2D eigenvalue weighted by molar-refractivity contribution is -0.890. The van der Waals surface area contributed by atoms with Crippen molar-refractivity contribution in [2.75, 3.05) is 55.4 Å². The van der Waals surface area contributed by atoms with Gasteiger partial charge in [-0.15, -0.1) is 0 Å². The Balaban J connectivity index is -0.000000264. The fourth-order valence-corrected chi connectivity index (χ4v) is 1.02. The number of nitrogens with zero attached hydrogens (tertiary/aromatic N) is 2. The highest BCUT2D eigenvalue weighted by Gasteiger charge is 2.11. The van der Waals surface area contributed by atoms with E-state index in [4.69, 9.17) is 19.8 Å². The molecule has 0 amide bonds. The lowest BCUT2D eigenvalue weighted by Gasteiger charge is -2.28. The minimum Gasteiger partial charge on any atom is -0.550 e. The van der Waals surface area contributed by atoms with E-state index >= 15 is 0 Å². The van der Waals surface area contributed by atoms with Crippen molar-refractivity contribution in [1.82, 2.24) is 0 Å². The molecule has 0 spiro atoms. The van der Waals surface area contributed by atoms with Crippen molar-refractivity contribution in [3.63, 3.8) is 0 Å². The van der Waals surface area contributed by atoms with E-state index in [1.807, 2.05) is 0 Å². The Kier molecular flexibility index (Phi) is 13.0. The Hall–Kier alpha value is -1.14. The molecule has 0 radical (unpaired) electrons. The zero-order valence-electron chi connectivity index (χ0n) is 13.6. The third kappa shape index (κ3) is 79.1. The van der Waals surface area contributed by atoms with Gasteiger partial charge in [0, 0.05) is 18.4 Å². The molecule has 0 heterocycles. The third-order valence-electron chi connectivity index (χ3n) is 1.66. The summed E-state index contributed by atoms with van der Waals surface area (Å²) in [6.07, 6.45) is 1.31. The number of rotatable bonds is 4. The van der Waals surface area contributed by atoms with Crippen molar-refractivity contribution in [2.45, 2.75) is 20.3 Å². The Bertz CT molecular complexity index is 218. The average Bonchev–Trinajstić information content (AvgIpc) is 1.94. The summed E-state index contributed by atoms with van der Waals surface area (Å²) in [6, 6.07) is 0. The molecule has 0 atom stereocenters. The molecule has 0 N–H and O–H groups in total. The van der Waals surface area contributed by atoms with Crippen molar-refractivity contribution in [1.29, 1.82) is 0 Å². The topological polar surface area (TPSA) is 80.3 Å². The number of quaternary nitrogens is 2. The Morgan fingerprint density at radius 2 is 0.895 bits per heavy atom. The smallest absolute Gasteiger partial charge is 0.0834 e. The molecule has 0 aromatic carbocycles. The molecule has 0 aliphatic carbocycles. The normalized spacial score (nSPS) is 10.5. The van der Waals surface area contributed by atoms with Crippen LogP contribution in [0.1, 0.15) is 20.3 Å². The van der Waals surface area contributed by atoms with E-state index in [0.29, 0.717) is 0 Å². The van der Waals surface area contributed by atoms with Crippen LogP contribution in [0.3, 0.4) is 0 Å². The van der Waals surface area contributed by atoms with Crippen LogP contribution >= 0.6 is 0 Å². The number of carbonyl (C=O) groups excluding carboxylic acids is 2. The zero-order valence-corrected chi connectivity index (χ0v) is 13.6. The highest BCUT2D eigenvalue weighted by Crippen LogP contribution is 1.98. The zero-order chi connectivity index (χ0) is 16.3. The van der Waals surface area contributed by atoms with E-state index in [1.54, 1.807) is 0 Å². The molecule has 0 rings (SSSR count). The van der Waals surface area contributed by atoms with Gasteiger partial charge in [0.2, 0.25) is 0 Å². The fourth-order valence-electron chi connectivity index (χ4n) is 1.02. The van der Waals surface area contributed by atoms with Crippen LogP contribution in [0.25, 0.3) is 0 Å². The molecule has 0 aromatic rings. The summed E-state index contributed by atoms with van der Waals surface area (Å²) >= 11 is 0. The monoisotopic (exact) mass is 278 g/mol. The largest absolute Gasteiger partial charge is 0.550 e. The van der Waals surface area contributed by atoms with Crippen molar-refractivity contribution in [3.05, 3.63) is 0 Å². The first-order valence-corrected chi connectivity index (χ1v) is 6.13. The van der Waals surface area contributed by atoms with Gasteiger partial charge in [0.05, 0.1) is 55.4 Å².